The molecule has 3 atom stereocenters. The third-order valence-corrected chi connectivity index (χ3v) is 12.5. The topological polar surface area (TPSA) is 110 Å². The molecule has 2 aromatic carbocycles. The van der Waals surface area contributed by atoms with Gasteiger partial charge in [0.1, 0.15) is 17.3 Å². The maximum absolute atomic E-state index is 13.6. The summed E-state index contributed by atoms with van der Waals surface area (Å²) in [6.07, 6.45) is 7.87. The number of sulfonamides is 1. The van der Waals surface area contributed by atoms with Gasteiger partial charge in [0, 0.05) is 24.7 Å². The highest BCUT2D eigenvalue weighted by atomic mass is 32.2. The van der Waals surface area contributed by atoms with E-state index < -0.39 is 21.4 Å². The predicted octanol–water partition coefficient (Wildman–Crippen LogP) is 7.00. The van der Waals surface area contributed by atoms with Crippen molar-refractivity contribution in [3.05, 3.63) is 70.7 Å². The van der Waals surface area contributed by atoms with Gasteiger partial charge in [0.25, 0.3) is 0 Å². The highest BCUT2D eigenvalue weighted by Crippen LogP contribution is 2.46. The summed E-state index contributed by atoms with van der Waals surface area (Å²) >= 11 is 0. The summed E-state index contributed by atoms with van der Waals surface area (Å²) in [6, 6.07) is 12.7. The van der Waals surface area contributed by atoms with Crippen molar-refractivity contribution in [2.24, 2.45) is 17.1 Å². The summed E-state index contributed by atoms with van der Waals surface area (Å²) in [5.74, 6) is 1.42. The summed E-state index contributed by atoms with van der Waals surface area (Å²) in [5.41, 5.74) is 9.83. The fraction of sp³-hybridized carbons (Fsp3) is 0.545. The van der Waals surface area contributed by atoms with E-state index in [4.69, 9.17) is 10.5 Å². The van der Waals surface area contributed by atoms with Crippen molar-refractivity contribution >= 4 is 24.6 Å². The highest BCUT2D eigenvalue weighted by molar-refractivity contribution is 7.89. The molecule has 1 aliphatic heterocycles. The van der Waals surface area contributed by atoms with Crippen LogP contribution in [0.1, 0.15) is 88.3 Å². The molecule has 0 amide bonds. The Morgan fingerprint density at radius 3 is 2.60 bits per heavy atom. The van der Waals surface area contributed by atoms with E-state index in [2.05, 4.69) is 12.7 Å². The monoisotopic (exact) mass is 614 g/mol. The van der Waals surface area contributed by atoms with Crippen LogP contribution in [0, 0.1) is 18.3 Å². The fourth-order valence-electron chi connectivity index (χ4n) is 6.47. The number of ether oxygens (including phenoxy) is 1. The molecule has 1 heterocycles. The van der Waals surface area contributed by atoms with Crippen molar-refractivity contribution in [3.8, 4) is 5.75 Å². The number of benzene rings is 2. The van der Waals surface area contributed by atoms with Crippen LogP contribution in [0.4, 0.5) is 0 Å². The van der Waals surface area contributed by atoms with E-state index in [0.717, 1.165) is 34.5 Å². The molecule has 0 saturated heterocycles. The number of carbonyl (C=O) groups is 1. The minimum Gasteiger partial charge on any atom is -0.491 e. The second-order valence-corrected chi connectivity index (χ2v) is 15.8. The molecule has 0 aromatic heterocycles. The summed E-state index contributed by atoms with van der Waals surface area (Å²) in [5, 5.41) is 10.4. The van der Waals surface area contributed by atoms with Crippen LogP contribution >= 0.6 is 8.58 Å². The number of hydrogen-bond acceptors (Lipinski definition) is 5. The molecule has 3 unspecified atom stereocenters. The lowest BCUT2D eigenvalue weighted by molar-refractivity contribution is -0.149. The Balaban J connectivity index is 1.64. The van der Waals surface area contributed by atoms with Crippen LogP contribution in [-0.4, -0.2) is 42.6 Å². The number of para-hydroxylation sites is 1. The number of nitrogens with two attached hydrogens (primary N) is 1. The number of carboxylic acids is 1. The molecule has 1 aliphatic carbocycles. The first-order chi connectivity index (χ1) is 19.9. The van der Waals surface area contributed by atoms with E-state index in [1.807, 2.05) is 25.1 Å². The molecule has 230 valence electrons. The Labute approximate surface area is 253 Å². The number of allylic oxidation sites excluding steroid dienone is 1. The van der Waals surface area contributed by atoms with Crippen molar-refractivity contribution in [2.45, 2.75) is 95.7 Å². The van der Waals surface area contributed by atoms with Crippen LogP contribution in [0.15, 0.2) is 58.9 Å². The summed E-state index contributed by atoms with van der Waals surface area (Å²) in [4.78, 5) is 12.8. The molecule has 2 aromatic rings. The van der Waals surface area contributed by atoms with Gasteiger partial charge in [0.2, 0.25) is 10.0 Å². The first-order valence-corrected chi connectivity index (χ1v) is 17.8. The molecule has 9 heteroatoms. The van der Waals surface area contributed by atoms with Crippen molar-refractivity contribution in [3.63, 3.8) is 0 Å². The molecule has 0 bridgehead atoms. The van der Waals surface area contributed by atoms with Crippen LogP contribution in [0.3, 0.4) is 0 Å². The lowest BCUT2D eigenvalue weighted by Crippen LogP contribution is -2.36. The number of hydrogen-bond donors (Lipinski definition) is 2. The predicted molar refractivity (Wildman–Crippen MR) is 171 cm³/mol. The van der Waals surface area contributed by atoms with Gasteiger partial charge < -0.3 is 15.6 Å². The Bertz CT molecular complexity index is 1380. The van der Waals surface area contributed by atoms with Crippen LogP contribution in [0.2, 0.25) is 0 Å². The number of fused-ring (bicyclic) bond motifs is 1. The Kier molecular flexibility index (Phi) is 10.8. The maximum Gasteiger partial charge on any atom is 0.309 e. The number of nitrogens with zero attached hydrogens (tertiary/aromatic N) is 1. The number of rotatable bonds is 11. The van der Waals surface area contributed by atoms with E-state index in [-0.39, 0.29) is 36.4 Å². The average molecular weight is 615 g/mol. The van der Waals surface area contributed by atoms with Crippen molar-refractivity contribution in [1.29, 1.82) is 0 Å². The van der Waals surface area contributed by atoms with E-state index in [0.29, 0.717) is 20.8 Å². The summed E-state index contributed by atoms with van der Waals surface area (Å²) < 4.78 is 34.4. The molecular weight excluding hydrogens is 567 g/mol. The molecular formula is C33H47N2O5PS. The molecule has 7 nitrogen and oxygen atoms in total. The standard InChI is InChI=1S/C33H47N2O5PS/c1-5-24(20-27(34)22-41-28-11-7-6-8-12-28)31(33(3,4)32(36)37)25-16-15-23(2)26(19-25)21-35-17-18-40-29-13-9-10-14-30(29)42(35,38)39/h9-10,13-16,19,22,24,28,31,41H,5-8,11-12,17-18,20-21,34H2,1-4H3,(H,36,37)/b27-22-. The molecule has 4 rings (SSSR count). The van der Waals surface area contributed by atoms with E-state index in [1.165, 1.54) is 36.4 Å². The molecule has 1 fully saturated rings. The van der Waals surface area contributed by atoms with Gasteiger partial charge in [-0.3, -0.25) is 4.79 Å². The second-order valence-electron chi connectivity index (χ2n) is 12.4. The Morgan fingerprint density at radius 2 is 1.90 bits per heavy atom. The van der Waals surface area contributed by atoms with Crippen molar-refractivity contribution in [1.82, 2.24) is 4.31 Å². The van der Waals surface area contributed by atoms with E-state index in [9.17, 15) is 18.3 Å². The third-order valence-electron chi connectivity index (χ3n) is 9.08. The molecule has 2 aliphatic rings. The highest BCUT2D eigenvalue weighted by Gasteiger charge is 2.42. The van der Waals surface area contributed by atoms with Crippen molar-refractivity contribution < 1.29 is 23.1 Å². The van der Waals surface area contributed by atoms with Gasteiger partial charge in [-0.1, -0.05) is 71.5 Å². The lowest BCUT2D eigenvalue weighted by Gasteiger charge is -2.37. The molecule has 0 radical (unpaired) electrons. The normalized spacial score (nSPS) is 20.0. The largest absolute Gasteiger partial charge is 0.491 e. The van der Waals surface area contributed by atoms with E-state index in [1.54, 1.807) is 38.1 Å². The van der Waals surface area contributed by atoms with Crippen molar-refractivity contribution in [2.75, 3.05) is 13.2 Å². The third kappa shape index (κ3) is 7.38. The number of aryl methyl sites for hydroxylation is 1. The molecule has 3 N–H and O–H groups in total. The minimum atomic E-state index is -3.77. The summed E-state index contributed by atoms with van der Waals surface area (Å²) in [7, 11) is -3.06. The smallest absolute Gasteiger partial charge is 0.309 e. The molecule has 0 spiro atoms. The van der Waals surface area contributed by atoms with Crippen LogP contribution in [0.25, 0.3) is 0 Å². The van der Waals surface area contributed by atoms with Gasteiger partial charge in [0.15, 0.2) is 0 Å². The first kappa shape index (κ1) is 32.5. The van der Waals surface area contributed by atoms with E-state index >= 15 is 0 Å². The quantitative estimate of drug-likeness (QED) is 0.264. The van der Waals surface area contributed by atoms with Crippen LogP contribution < -0.4 is 10.5 Å². The zero-order valence-electron chi connectivity index (χ0n) is 25.4. The fourth-order valence-corrected chi connectivity index (χ4v) is 9.32. The SMILES string of the molecule is CCC(C/C(N)=C/PC1CCCCC1)C(c1ccc(C)c(CN2CCOc3ccccc3S2(=O)=O)c1)C(C)(C)C(=O)O. The van der Waals surface area contributed by atoms with Crippen LogP contribution in [0.5, 0.6) is 5.75 Å². The first-order valence-electron chi connectivity index (χ1n) is 15.2. The summed E-state index contributed by atoms with van der Waals surface area (Å²) in [6.45, 7) is 8.32. The minimum absolute atomic E-state index is 0.0151. The van der Waals surface area contributed by atoms with Gasteiger partial charge >= 0.3 is 5.97 Å². The molecule has 1 saturated carbocycles. The van der Waals surface area contributed by atoms with Crippen LogP contribution in [-0.2, 0) is 21.4 Å². The molecule has 42 heavy (non-hydrogen) atoms. The maximum atomic E-state index is 13.6. The van der Waals surface area contributed by atoms with Gasteiger partial charge in [-0.25, -0.2) is 8.42 Å². The average Bonchev–Trinajstić information content (AvgIpc) is 3.09. The number of aliphatic carboxylic acids is 1. The number of carboxylic acid groups (broad SMARTS) is 1. The Hall–Kier alpha value is -2.41. The zero-order valence-corrected chi connectivity index (χ0v) is 27.3. The lowest BCUT2D eigenvalue weighted by atomic mass is 9.66. The zero-order chi connectivity index (χ0) is 30.5. The van der Waals surface area contributed by atoms with Gasteiger partial charge in [-0.2, -0.15) is 4.31 Å². The van der Waals surface area contributed by atoms with Gasteiger partial charge in [0.05, 0.1) is 5.41 Å². The van der Waals surface area contributed by atoms with Gasteiger partial charge in [-0.15, -0.1) is 0 Å². The van der Waals surface area contributed by atoms with Gasteiger partial charge in [-0.05, 0) is 86.3 Å². The second kappa shape index (κ2) is 13.9. The Morgan fingerprint density at radius 1 is 1.19 bits per heavy atom.